The van der Waals surface area contributed by atoms with Crippen LogP contribution in [0.1, 0.15) is 62.4 Å². The van der Waals surface area contributed by atoms with Gasteiger partial charge in [0.1, 0.15) is 22.3 Å². The minimum absolute atomic E-state index is 0.296. The molecule has 2 heteroatoms. The van der Waals surface area contributed by atoms with Gasteiger partial charge >= 0.3 is 0 Å². The van der Waals surface area contributed by atoms with Crippen LogP contribution < -0.4 is 0 Å². The molecule has 0 aliphatic heterocycles. The lowest BCUT2D eigenvalue weighted by Gasteiger charge is -2.35. The van der Waals surface area contributed by atoms with E-state index in [4.69, 9.17) is 8.83 Å². The predicted octanol–water partition coefficient (Wildman–Crippen LogP) is 17.2. The maximum atomic E-state index is 6.68. The molecular weight excluding hydrogens is 813 g/mol. The maximum absolute atomic E-state index is 6.68. The molecule has 67 heavy (non-hydrogen) atoms. The number of hydrogen-bond donors (Lipinski definition) is 0. The van der Waals surface area contributed by atoms with Crippen LogP contribution in [0, 0.1) is 13.8 Å². The minimum atomic E-state index is -0.591. The first-order valence-electron chi connectivity index (χ1n) is 23.7. The SMILES string of the molecule is Cc1cccc(C(CCc2cc3c(c4ccccc24)-c2ccc(-c4cccc5c4oc4ccccc45)cc2C3(c2ccccc2)c2cccc(C)c2)Cc2ccc3c(c2)oc2ccccc23)c1. The van der Waals surface area contributed by atoms with Crippen molar-refractivity contribution in [2.24, 2.45) is 0 Å². The molecule has 2 atom stereocenters. The molecule has 10 aromatic carbocycles. The lowest BCUT2D eigenvalue weighted by Crippen LogP contribution is -2.29. The zero-order chi connectivity index (χ0) is 44.6. The van der Waals surface area contributed by atoms with Crippen molar-refractivity contribution in [3.05, 3.63) is 262 Å². The highest BCUT2D eigenvalue weighted by molar-refractivity contribution is 6.11. The zero-order valence-corrected chi connectivity index (χ0v) is 37.7. The molecule has 0 saturated carbocycles. The minimum Gasteiger partial charge on any atom is -0.456 e. The third-order valence-corrected chi connectivity index (χ3v) is 14.8. The number of furan rings is 2. The van der Waals surface area contributed by atoms with Crippen molar-refractivity contribution in [1.29, 1.82) is 0 Å². The summed E-state index contributed by atoms with van der Waals surface area (Å²) in [6.45, 7) is 4.44. The van der Waals surface area contributed by atoms with Gasteiger partial charge in [0.05, 0.1) is 5.41 Å². The predicted molar refractivity (Wildman–Crippen MR) is 278 cm³/mol. The number of aryl methyl sites for hydroxylation is 3. The van der Waals surface area contributed by atoms with Crippen LogP contribution in [0.3, 0.4) is 0 Å². The van der Waals surface area contributed by atoms with Gasteiger partial charge in [-0.2, -0.15) is 0 Å². The molecule has 0 spiro atoms. The molecule has 1 aliphatic carbocycles. The molecule has 0 saturated heterocycles. The van der Waals surface area contributed by atoms with Gasteiger partial charge in [0.15, 0.2) is 0 Å². The fraction of sp³-hybridized carbons (Fsp3) is 0.108. The van der Waals surface area contributed by atoms with Gasteiger partial charge in [-0.3, -0.25) is 0 Å². The number of para-hydroxylation sites is 3. The number of fused-ring (bicyclic) bond motifs is 11. The Hall–Kier alpha value is -7.94. The van der Waals surface area contributed by atoms with E-state index in [2.05, 4.69) is 220 Å². The van der Waals surface area contributed by atoms with Gasteiger partial charge in [0.25, 0.3) is 0 Å². The molecule has 2 heterocycles. The summed E-state index contributed by atoms with van der Waals surface area (Å²) in [4.78, 5) is 0. The smallest absolute Gasteiger partial charge is 0.143 e. The standard InChI is InChI=1S/C65H48O2/c1-41-15-12-17-44(35-41)45(37-43-29-33-54-52-22-8-10-27-60(52)66-62(54)38-43)30-31-46-40-59-63(55-24-7-6-21-50(46)55)57-34-32-47(51-25-14-26-56-53-23-9-11-28-61(53)67-64(51)56)39-58(57)65(59,48-18-4-3-5-19-48)49-20-13-16-42(2)36-49/h3-29,32-36,38-40,45H,30-31,37H2,1-2H3. The summed E-state index contributed by atoms with van der Waals surface area (Å²) in [7, 11) is 0. The Morgan fingerprint density at radius 1 is 0.433 bits per heavy atom. The Morgan fingerprint density at radius 3 is 1.90 bits per heavy atom. The van der Waals surface area contributed by atoms with Crippen molar-refractivity contribution in [2.75, 3.05) is 0 Å². The van der Waals surface area contributed by atoms with Gasteiger partial charge in [-0.1, -0.05) is 199 Å². The van der Waals surface area contributed by atoms with Crippen LogP contribution in [-0.4, -0.2) is 0 Å². The third-order valence-electron chi connectivity index (χ3n) is 14.8. The van der Waals surface area contributed by atoms with E-state index in [9.17, 15) is 0 Å². The Labute approximate surface area is 390 Å². The van der Waals surface area contributed by atoms with E-state index in [-0.39, 0.29) is 0 Å². The highest BCUT2D eigenvalue weighted by Crippen LogP contribution is 2.59. The molecule has 0 amide bonds. The topological polar surface area (TPSA) is 26.3 Å². The first kappa shape index (κ1) is 39.4. The van der Waals surface area contributed by atoms with Gasteiger partial charge < -0.3 is 8.83 Å². The quantitative estimate of drug-likeness (QED) is 0.145. The van der Waals surface area contributed by atoms with Crippen molar-refractivity contribution >= 4 is 54.6 Å². The van der Waals surface area contributed by atoms with Crippen molar-refractivity contribution in [3.63, 3.8) is 0 Å². The van der Waals surface area contributed by atoms with E-state index in [1.807, 2.05) is 6.07 Å². The van der Waals surface area contributed by atoms with E-state index >= 15 is 0 Å². The fourth-order valence-corrected chi connectivity index (χ4v) is 11.8. The largest absolute Gasteiger partial charge is 0.456 e. The molecule has 320 valence electrons. The molecule has 2 unspecified atom stereocenters. The van der Waals surface area contributed by atoms with Crippen LogP contribution in [0.25, 0.3) is 76.9 Å². The summed E-state index contributed by atoms with van der Waals surface area (Å²) < 4.78 is 13.1. The number of benzene rings is 10. The normalized spacial score (nSPS) is 14.9. The summed E-state index contributed by atoms with van der Waals surface area (Å²) in [6.07, 6.45) is 2.84. The summed E-state index contributed by atoms with van der Waals surface area (Å²) >= 11 is 0. The second kappa shape index (κ2) is 15.6. The van der Waals surface area contributed by atoms with Gasteiger partial charge in [0, 0.05) is 27.1 Å². The lowest BCUT2D eigenvalue weighted by molar-refractivity contribution is 0.620. The molecule has 0 fully saturated rings. The van der Waals surface area contributed by atoms with E-state index in [0.717, 1.165) is 63.5 Å². The summed E-state index contributed by atoms with van der Waals surface area (Å²) in [5.74, 6) is 0.296. The van der Waals surface area contributed by atoms with E-state index in [1.165, 1.54) is 82.7 Å². The highest BCUT2D eigenvalue weighted by atomic mass is 16.3. The van der Waals surface area contributed by atoms with Crippen LogP contribution in [-0.2, 0) is 18.3 Å². The average Bonchev–Trinajstić information content (AvgIpc) is 4.03. The van der Waals surface area contributed by atoms with Gasteiger partial charge in [-0.05, 0) is 130 Å². The van der Waals surface area contributed by atoms with Crippen molar-refractivity contribution in [1.82, 2.24) is 0 Å². The summed E-state index contributed by atoms with van der Waals surface area (Å²) in [6, 6.07) is 78.8. The van der Waals surface area contributed by atoms with E-state index < -0.39 is 5.41 Å². The van der Waals surface area contributed by atoms with Crippen LogP contribution in [0.5, 0.6) is 0 Å². The molecule has 2 aromatic heterocycles. The van der Waals surface area contributed by atoms with E-state index in [0.29, 0.717) is 5.92 Å². The maximum Gasteiger partial charge on any atom is 0.143 e. The van der Waals surface area contributed by atoms with Crippen molar-refractivity contribution in [3.8, 4) is 22.3 Å². The first-order chi connectivity index (χ1) is 33.0. The average molecular weight is 861 g/mol. The molecule has 0 N–H and O–H groups in total. The number of hydrogen-bond acceptors (Lipinski definition) is 2. The Balaban J connectivity index is 0.994. The Morgan fingerprint density at radius 2 is 1.09 bits per heavy atom. The van der Waals surface area contributed by atoms with Crippen LogP contribution >= 0.6 is 0 Å². The van der Waals surface area contributed by atoms with Crippen LogP contribution in [0.15, 0.2) is 221 Å². The van der Waals surface area contributed by atoms with Crippen molar-refractivity contribution < 1.29 is 8.83 Å². The molecule has 0 radical (unpaired) electrons. The number of rotatable bonds is 9. The van der Waals surface area contributed by atoms with Crippen molar-refractivity contribution in [2.45, 2.75) is 44.4 Å². The molecule has 1 aliphatic rings. The van der Waals surface area contributed by atoms with Gasteiger partial charge in [-0.25, -0.2) is 0 Å². The second-order valence-corrected chi connectivity index (χ2v) is 18.8. The summed E-state index contributed by atoms with van der Waals surface area (Å²) in [5.41, 5.74) is 19.8. The van der Waals surface area contributed by atoms with Crippen LogP contribution in [0.4, 0.5) is 0 Å². The molecule has 13 rings (SSSR count). The van der Waals surface area contributed by atoms with E-state index in [1.54, 1.807) is 0 Å². The lowest BCUT2D eigenvalue weighted by atomic mass is 9.66. The second-order valence-electron chi connectivity index (χ2n) is 18.8. The van der Waals surface area contributed by atoms with Gasteiger partial charge in [0.2, 0.25) is 0 Å². The Bertz CT molecular complexity index is 3880. The zero-order valence-electron chi connectivity index (χ0n) is 37.7. The molecular formula is C65H48O2. The highest BCUT2D eigenvalue weighted by Gasteiger charge is 2.47. The summed E-state index contributed by atoms with van der Waals surface area (Å²) in [5, 5.41) is 7.24. The monoisotopic (exact) mass is 860 g/mol. The van der Waals surface area contributed by atoms with Gasteiger partial charge in [-0.15, -0.1) is 0 Å². The third kappa shape index (κ3) is 6.31. The molecule has 12 aromatic rings. The Kier molecular flexibility index (Phi) is 9.18. The van der Waals surface area contributed by atoms with Crippen LogP contribution in [0.2, 0.25) is 0 Å². The fourth-order valence-electron chi connectivity index (χ4n) is 11.8. The molecule has 2 nitrogen and oxygen atoms in total. The molecule has 0 bridgehead atoms. The first-order valence-corrected chi connectivity index (χ1v) is 23.7.